The summed E-state index contributed by atoms with van der Waals surface area (Å²) in [5.41, 5.74) is 3.02. The summed E-state index contributed by atoms with van der Waals surface area (Å²) in [6.45, 7) is 2.50. The predicted molar refractivity (Wildman–Crippen MR) is 77.8 cm³/mol. The molecule has 0 amide bonds. The van der Waals surface area contributed by atoms with Crippen molar-refractivity contribution >= 4 is 10.9 Å². The molecule has 2 heterocycles. The summed E-state index contributed by atoms with van der Waals surface area (Å²) in [4.78, 5) is 4.24. The minimum absolute atomic E-state index is 0.215. The highest BCUT2D eigenvalue weighted by molar-refractivity contribution is 5.85. The average molecular weight is 264 g/mol. The van der Waals surface area contributed by atoms with Crippen molar-refractivity contribution in [3.8, 4) is 11.8 Å². The highest BCUT2D eigenvalue weighted by atomic mass is 19.1. The first-order chi connectivity index (χ1) is 9.78. The average Bonchev–Trinajstić information content (AvgIpc) is 2.86. The Kier molecular flexibility index (Phi) is 3.22. The van der Waals surface area contributed by atoms with E-state index >= 15 is 0 Å². The van der Waals surface area contributed by atoms with Crippen LogP contribution in [0.4, 0.5) is 4.39 Å². The first-order valence-corrected chi connectivity index (χ1v) is 6.38. The van der Waals surface area contributed by atoms with E-state index in [1.165, 1.54) is 12.1 Å². The normalized spacial score (nSPS) is 10.3. The van der Waals surface area contributed by atoms with Crippen LogP contribution >= 0.6 is 0 Å². The van der Waals surface area contributed by atoms with Gasteiger partial charge in [0.1, 0.15) is 5.82 Å². The maximum atomic E-state index is 12.9. The van der Waals surface area contributed by atoms with Crippen LogP contribution < -0.4 is 0 Å². The molecule has 0 N–H and O–H groups in total. The third kappa shape index (κ3) is 2.28. The van der Waals surface area contributed by atoms with Gasteiger partial charge in [0.15, 0.2) is 0 Å². The molecule has 1 aromatic carbocycles. The highest BCUT2D eigenvalue weighted by Crippen LogP contribution is 2.19. The lowest BCUT2D eigenvalue weighted by Crippen LogP contribution is -1.98. The van der Waals surface area contributed by atoms with Crippen LogP contribution in [-0.2, 0) is 6.54 Å². The van der Waals surface area contributed by atoms with Crippen molar-refractivity contribution in [2.45, 2.75) is 13.5 Å². The number of rotatable bonds is 2. The van der Waals surface area contributed by atoms with Crippen LogP contribution in [0.25, 0.3) is 10.9 Å². The molecular formula is C17H13FN2. The number of fused-ring (bicyclic) bond motifs is 1. The van der Waals surface area contributed by atoms with Crippen LogP contribution in [0.15, 0.2) is 48.9 Å². The van der Waals surface area contributed by atoms with Crippen LogP contribution in [-0.4, -0.2) is 9.55 Å². The minimum Gasteiger partial charge on any atom is -0.342 e. The molecule has 0 bridgehead atoms. The van der Waals surface area contributed by atoms with Gasteiger partial charge in [-0.05, 0) is 30.7 Å². The second kappa shape index (κ2) is 5.18. The Hall–Kier alpha value is -2.60. The van der Waals surface area contributed by atoms with E-state index in [2.05, 4.69) is 21.4 Å². The Morgan fingerprint density at radius 3 is 2.70 bits per heavy atom. The van der Waals surface area contributed by atoms with Crippen molar-refractivity contribution in [2.24, 2.45) is 0 Å². The standard InChI is InChI=1S/C17H13FN2/c1-2-3-14-10-19-11-17-16(14)8-9-20(17)12-13-4-6-15(18)7-5-13/h4-11H,12H2,1H3. The van der Waals surface area contributed by atoms with Crippen molar-refractivity contribution < 1.29 is 4.39 Å². The largest absolute Gasteiger partial charge is 0.342 e. The van der Waals surface area contributed by atoms with Gasteiger partial charge in [-0.25, -0.2) is 4.39 Å². The molecule has 2 aromatic heterocycles. The number of halogens is 1. The zero-order chi connectivity index (χ0) is 13.9. The van der Waals surface area contributed by atoms with E-state index in [1.54, 1.807) is 18.3 Å². The van der Waals surface area contributed by atoms with Gasteiger partial charge in [-0.2, -0.15) is 0 Å². The first-order valence-electron chi connectivity index (χ1n) is 6.38. The molecule has 98 valence electrons. The smallest absolute Gasteiger partial charge is 0.123 e. The number of hydrogen-bond acceptors (Lipinski definition) is 1. The SMILES string of the molecule is CC#Cc1cncc2c1ccn2Cc1ccc(F)cc1. The van der Waals surface area contributed by atoms with Gasteiger partial charge in [-0.3, -0.25) is 4.98 Å². The molecule has 0 atom stereocenters. The van der Waals surface area contributed by atoms with Crippen LogP contribution in [0, 0.1) is 17.7 Å². The predicted octanol–water partition coefficient (Wildman–Crippen LogP) is 3.60. The van der Waals surface area contributed by atoms with Gasteiger partial charge in [-0.1, -0.05) is 18.1 Å². The Bertz CT molecular complexity index is 804. The van der Waals surface area contributed by atoms with Crippen molar-refractivity contribution in [3.05, 3.63) is 65.9 Å². The van der Waals surface area contributed by atoms with Gasteiger partial charge in [0.25, 0.3) is 0 Å². The molecule has 0 aliphatic rings. The van der Waals surface area contributed by atoms with E-state index in [-0.39, 0.29) is 5.82 Å². The van der Waals surface area contributed by atoms with Gasteiger partial charge >= 0.3 is 0 Å². The molecule has 0 saturated heterocycles. The molecule has 20 heavy (non-hydrogen) atoms. The van der Waals surface area contributed by atoms with E-state index in [4.69, 9.17) is 0 Å². The van der Waals surface area contributed by atoms with Crippen LogP contribution in [0.1, 0.15) is 18.1 Å². The zero-order valence-corrected chi connectivity index (χ0v) is 11.1. The first kappa shape index (κ1) is 12.4. The monoisotopic (exact) mass is 264 g/mol. The van der Waals surface area contributed by atoms with Crippen LogP contribution in [0.5, 0.6) is 0 Å². The van der Waals surface area contributed by atoms with E-state index in [0.29, 0.717) is 6.54 Å². The van der Waals surface area contributed by atoms with Gasteiger partial charge in [0.2, 0.25) is 0 Å². The summed E-state index contributed by atoms with van der Waals surface area (Å²) in [6, 6.07) is 8.59. The third-order valence-electron chi connectivity index (χ3n) is 3.22. The van der Waals surface area contributed by atoms with Gasteiger partial charge in [0, 0.05) is 24.3 Å². The summed E-state index contributed by atoms with van der Waals surface area (Å²) < 4.78 is 15.0. The molecule has 0 spiro atoms. The van der Waals surface area contributed by atoms with Crippen molar-refractivity contribution in [1.29, 1.82) is 0 Å². The third-order valence-corrected chi connectivity index (χ3v) is 3.22. The van der Waals surface area contributed by atoms with E-state index in [0.717, 1.165) is 22.0 Å². The molecular weight excluding hydrogens is 251 g/mol. The van der Waals surface area contributed by atoms with Crippen molar-refractivity contribution in [1.82, 2.24) is 9.55 Å². The Morgan fingerprint density at radius 1 is 1.15 bits per heavy atom. The number of nitrogens with zero attached hydrogens (tertiary/aromatic N) is 2. The molecule has 0 saturated carbocycles. The zero-order valence-electron chi connectivity index (χ0n) is 11.1. The summed E-state index contributed by atoms with van der Waals surface area (Å²) in [6.07, 6.45) is 5.62. The topological polar surface area (TPSA) is 17.8 Å². The second-order valence-corrected chi connectivity index (χ2v) is 4.56. The number of pyridine rings is 1. The summed E-state index contributed by atoms with van der Waals surface area (Å²) in [5.74, 6) is 5.75. The maximum absolute atomic E-state index is 12.9. The molecule has 0 radical (unpaired) electrons. The molecule has 0 aliphatic carbocycles. The van der Waals surface area contributed by atoms with Gasteiger partial charge < -0.3 is 4.57 Å². The fraction of sp³-hybridized carbons (Fsp3) is 0.118. The van der Waals surface area contributed by atoms with Crippen molar-refractivity contribution in [2.75, 3.05) is 0 Å². The Labute approximate surface area is 116 Å². The molecule has 0 unspecified atom stereocenters. The maximum Gasteiger partial charge on any atom is 0.123 e. The summed E-state index contributed by atoms with van der Waals surface area (Å²) in [7, 11) is 0. The Morgan fingerprint density at radius 2 is 1.95 bits per heavy atom. The lowest BCUT2D eigenvalue weighted by Gasteiger charge is -2.05. The van der Waals surface area contributed by atoms with Crippen LogP contribution in [0.3, 0.4) is 0 Å². The van der Waals surface area contributed by atoms with E-state index in [9.17, 15) is 4.39 Å². The quantitative estimate of drug-likeness (QED) is 0.647. The summed E-state index contributed by atoms with van der Waals surface area (Å²) in [5, 5.41) is 1.09. The fourth-order valence-corrected chi connectivity index (χ4v) is 2.27. The van der Waals surface area contributed by atoms with E-state index < -0.39 is 0 Å². The second-order valence-electron chi connectivity index (χ2n) is 4.56. The minimum atomic E-state index is -0.215. The highest BCUT2D eigenvalue weighted by Gasteiger charge is 2.05. The summed E-state index contributed by atoms with van der Waals surface area (Å²) >= 11 is 0. The number of aromatic nitrogens is 2. The molecule has 2 nitrogen and oxygen atoms in total. The van der Waals surface area contributed by atoms with Crippen LogP contribution in [0.2, 0.25) is 0 Å². The molecule has 3 aromatic rings. The van der Waals surface area contributed by atoms with E-state index in [1.807, 2.05) is 25.4 Å². The number of hydrogen-bond donors (Lipinski definition) is 0. The van der Waals surface area contributed by atoms with Crippen molar-refractivity contribution in [3.63, 3.8) is 0 Å². The number of benzene rings is 1. The lowest BCUT2D eigenvalue weighted by atomic mass is 10.2. The van der Waals surface area contributed by atoms with Gasteiger partial charge in [0.05, 0.1) is 17.3 Å². The lowest BCUT2D eigenvalue weighted by molar-refractivity contribution is 0.626. The fourth-order valence-electron chi connectivity index (χ4n) is 2.27. The molecule has 3 rings (SSSR count). The van der Waals surface area contributed by atoms with Gasteiger partial charge in [-0.15, -0.1) is 5.92 Å². The molecule has 3 heteroatoms. The molecule has 0 fully saturated rings. The Balaban J connectivity index is 2.02. The molecule has 0 aliphatic heterocycles.